The molecule has 0 heterocycles. The summed E-state index contributed by atoms with van der Waals surface area (Å²) < 4.78 is 26.1. The predicted molar refractivity (Wildman–Crippen MR) is 59.4 cm³/mol. The van der Waals surface area contributed by atoms with Gasteiger partial charge in [0.15, 0.2) is 0 Å². The van der Waals surface area contributed by atoms with Gasteiger partial charge >= 0.3 is 6.03 Å². The number of thioether (sulfide) groups is 1. The van der Waals surface area contributed by atoms with Crippen LogP contribution in [0.25, 0.3) is 0 Å². The van der Waals surface area contributed by atoms with Gasteiger partial charge in [0.25, 0.3) is 0 Å². The minimum atomic E-state index is -0.984. The van der Waals surface area contributed by atoms with Crippen LogP contribution in [0.1, 0.15) is 6.92 Å². The van der Waals surface area contributed by atoms with Crippen LogP contribution in [-0.2, 0) is 4.79 Å². The topological polar surface area (TPSA) is 72.2 Å². The molecule has 1 aromatic carbocycles. The van der Waals surface area contributed by atoms with E-state index in [1.165, 1.54) is 6.92 Å². The molecule has 0 saturated carbocycles. The van der Waals surface area contributed by atoms with E-state index in [9.17, 15) is 18.4 Å². The van der Waals surface area contributed by atoms with Gasteiger partial charge in [0.2, 0.25) is 5.91 Å². The Balaban J connectivity index is 2.73. The molecule has 1 unspecified atom stereocenters. The van der Waals surface area contributed by atoms with Crippen LogP contribution < -0.4 is 11.1 Å². The molecule has 0 bridgehead atoms. The number of rotatable bonds is 3. The highest BCUT2D eigenvalue weighted by Gasteiger charge is 2.17. The summed E-state index contributed by atoms with van der Waals surface area (Å²) in [4.78, 5) is 21.7. The monoisotopic (exact) mass is 260 g/mol. The van der Waals surface area contributed by atoms with Crippen LogP contribution in [0.3, 0.4) is 0 Å². The standard InChI is InChI=1S/C10H10F2N2O2S/c1-5(9(15)14-10(13)16)17-8-4-6(11)2-3-7(8)12/h2-5H,1H3,(H3,13,14,15,16). The highest BCUT2D eigenvalue weighted by molar-refractivity contribution is 8.00. The van der Waals surface area contributed by atoms with Gasteiger partial charge in [-0.2, -0.15) is 0 Å². The molecule has 3 N–H and O–H groups in total. The minimum absolute atomic E-state index is 0.00267. The van der Waals surface area contributed by atoms with E-state index in [4.69, 9.17) is 5.73 Å². The average Bonchev–Trinajstić information content (AvgIpc) is 2.22. The number of primary amides is 1. The van der Waals surface area contributed by atoms with Crippen molar-refractivity contribution in [3.63, 3.8) is 0 Å². The SMILES string of the molecule is CC(Sc1cc(F)ccc1F)C(=O)NC(N)=O. The smallest absolute Gasteiger partial charge is 0.318 e. The van der Waals surface area contributed by atoms with Crippen LogP contribution in [0.4, 0.5) is 13.6 Å². The van der Waals surface area contributed by atoms with Gasteiger partial charge in [0.05, 0.1) is 5.25 Å². The molecular weight excluding hydrogens is 250 g/mol. The van der Waals surface area contributed by atoms with Crippen molar-refractivity contribution in [2.75, 3.05) is 0 Å². The number of halogens is 2. The van der Waals surface area contributed by atoms with Gasteiger partial charge in [-0.1, -0.05) is 0 Å². The van der Waals surface area contributed by atoms with Gasteiger partial charge in [0.1, 0.15) is 11.6 Å². The molecule has 0 fully saturated rings. The minimum Gasteiger partial charge on any atom is -0.351 e. The van der Waals surface area contributed by atoms with Crippen LogP contribution in [-0.4, -0.2) is 17.2 Å². The molecule has 1 atom stereocenters. The van der Waals surface area contributed by atoms with Gasteiger partial charge < -0.3 is 5.73 Å². The maximum Gasteiger partial charge on any atom is 0.318 e. The Hall–Kier alpha value is -1.63. The van der Waals surface area contributed by atoms with Gasteiger partial charge in [-0.25, -0.2) is 13.6 Å². The largest absolute Gasteiger partial charge is 0.351 e. The summed E-state index contributed by atoms with van der Waals surface area (Å²) in [6.07, 6.45) is 0. The van der Waals surface area contributed by atoms with E-state index in [1.54, 1.807) is 0 Å². The molecule has 7 heteroatoms. The van der Waals surface area contributed by atoms with E-state index in [-0.39, 0.29) is 4.90 Å². The predicted octanol–water partition coefficient (Wildman–Crippen LogP) is 1.64. The first-order valence-corrected chi connectivity index (χ1v) is 5.50. The first-order chi connectivity index (χ1) is 7.90. The molecule has 0 aliphatic heterocycles. The quantitative estimate of drug-likeness (QED) is 0.811. The summed E-state index contributed by atoms with van der Waals surface area (Å²) >= 11 is 0.800. The van der Waals surface area contributed by atoms with Gasteiger partial charge in [0, 0.05) is 4.90 Å². The summed E-state index contributed by atoms with van der Waals surface area (Å²) in [6, 6.07) is 1.94. The number of hydrogen-bond acceptors (Lipinski definition) is 3. The number of benzene rings is 1. The number of carbonyl (C=O) groups is 2. The number of urea groups is 1. The Labute approximate surface area is 101 Å². The fourth-order valence-electron chi connectivity index (χ4n) is 1.03. The van der Waals surface area contributed by atoms with Crippen molar-refractivity contribution in [2.45, 2.75) is 17.1 Å². The molecule has 1 rings (SSSR count). The van der Waals surface area contributed by atoms with Crippen LogP contribution in [0, 0.1) is 11.6 Å². The summed E-state index contributed by atoms with van der Waals surface area (Å²) in [5.41, 5.74) is 4.76. The molecule has 0 saturated heterocycles. The first-order valence-electron chi connectivity index (χ1n) is 4.62. The second kappa shape index (κ2) is 5.62. The maximum atomic E-state index is 13.2. The van der Waals surface area contributed by atoms with Crippen molar-refractivity contribution in [3.05, 3.63) is 29.8 Å². The Morgan fingerprint density at radius 3 is 2.65 bits per heavy atom. The zero-order valence-electron chi connectivity index (χ0n) is 8.87. The first kappa shape index (κ1) is 13.4. The summed E-state index contributed by atoms with van der Waals surface area (Å²) in [6.45, 7) is 1.45. The highest BCUT2D eigenvalue weighted by atomic mass is 32.2. The molecule has 17 heavy (non-hydrogen) atoms. The molecule has 4 nitrogen and oxygen atoms in total. The van der Waals surface area contributed by atoms with Crippen molar-refractivity contribution in [2.24, 2.45) is 5.73 Å². The fraction of sp³-hybridized carbons (Fsp3) is 0.200. The van der Waals surface area contributed by atoms with Crippen molar-refractivity contribution in [1.29, 1.82) is 0 Å². The summed E-state index contributed by atoms with van der Waals surface area (Å²) in [7, 11) is 0. The summed E-state index contributed by atoms with van der Waals surface area (Å²) in [5.74, 6) is -1.89. The lowest BCUT2D eigenvalue weighted by atomic mass is 10.3. The normalized spacial score (nSPS) is 11.9. The van der Waals surface area contributed by atoms with Crippen molar-refractivity contribution in [1.82, 2.24) is 5.32 Å². The second-order valence-corrected chi connectivity index (χ2v) is 4.57. The number of nitrogens with one attached hydrogen (secondary N) is 1. The zero-order chi connectivity index (χ0) is 13.0. The van der Waals surface area contributed by atoms with Crippen LogP contribution in [0.15, 0.2) is 23.1 Å². The maximum absolute atomic E-state index is 13.2. The van der Waals surface area contributed by atoms with Gasteiger partial charge in [-0.3, -0.25) is 10.1 Å². The molecule has 0 aromatic heterocycles. The Morgan fingerprint density at radius 2 is 2.06 bits per heavy atom. The zero-order valence-corrected chi connectivity index (χ0v) is 9.68. The Bertz CT molecular complexity index is 454. The number of nitrogens with two attached hydrogens (primary N) is 1. The van der Waals surface area contributed by atoms with Crippen LogP contribution in [0.2, 0.25) is 0 Å². The third-order valence-corrected chi connectivity index (χ3v) is 2.95. The van der Waals surface area contributed by atoms with Crippen molar-refractivity contribution >= 4 is 23.7 Å². The molecule has 3 amide bonds. The molecule has 0 radical (unpaired) electrons. The van der Waals surface area contributed by atoms with E-state index >= 15 is 0 Å². The molecular formula is C10H10F2N2O2S. The van der Waals surface area contributed by atoms with Crippen LogP contribution in [0.5, 0.6) is 0 Å². The van der Waals surface area contributed by atoms with E-state index in [0.29, 0.717) is 0 Å². The molecule has 0 aliphatic rings. The Kier molecular flexibility index (Phi) is 4.45. The average molecular weight is 260 g/mol. The summed E-state index contributed by atoms with van der Waals surface area (Å²) in [5, 5.41) is 1.09. The highest BCUT2D eigenvalue weighted by Crippen LogP contribution is 2.26. The number of carbonyl (C=O) groups excluding carboxylic acids is 2. The van der Waals surface area contributed by atoms with E-state index < -0.39 is 28.8 Å². The third kappa shape index (κ3) is 4.03. The second-order valence-electron chi connectivity index (χ2n) is 3.19. The van der Waals surface area contributed by atoms with E-state index in [2.05, 4.69) is 0 Å². The third-order valence-electron chi connectivity index (χ3n) is 1.81. The molecule has 1 aromatic rings. The molecule has 92 valence electrons. The van der Waals surface area contributed by atoms with Crippen molar-refractivity contribution in [3.8, 4) is 0 Å². The van der Waals surface area contributed by atoms with E-state index in [0.717, 1.165) is 30.0 Å². The number of amides is 3. The van der Waals surface area contributed by atoms with Crippen LogP contribution >= 0.6 is 11.8 Å². The van der Waals surface area contributed by atoms with E-state index in [1.807, 2.05) is 5.32 Å². The molecule has 0 spiro atoms. The fourth-order valence-corrected chi connectivity index (χ4v) is 1.94. The van der Waals surface area contributed by atoms with Crippen molar-refractivity contribution < 1.29 is 18.4 Å². The molecule has 0 aliphatic carbocycles. The van der Waals surface area contributed by atoms with Gasteiger partial charge in [-0.05, 0) is 25.1 Å². The van der Waals surface area contributed by atoms with Gasteiger partial charge in [-0.15, -0.1) is 11.8 Å². The number of imide groups is 1. The lowest BCUT2D eigenvalue weighted by molar-refractivity contribution is -0.119. The lowest BCUT2D eigenvalue weighted by Crippen LogP contribution is -2.39. The Morgan fingerprint density at radius 1 is 1.41 bits per heavy atom. The lowest BCUT2D eigenvalue weighted by Gasteiger charge is -2.10. The number of hydrogen-bond donors (Lipinski definition) is 2.